The van der Waals surface area contributed by atoms with Crippen molar-refractivity contribution in [3.8, 4) is 5.75 Å². The molecule has 0 spiro atoms. The molecule has 0 bridgehead atoms. The fourth-order valence-electron chi connectivity index (χ4n) is 2.54. The Labute approximate surface area is 158 Å². The number of nitrogens with one attached hydrogen (secondary N) is 1. The van der Waals surface area contributed by atoms with E-state index in [4.69, 9.17) is 4.74 Å². The van der Waals surface area contributed by atoms with Gasteiger partial charge in [0.1, 0.15) is 12.4 Å². The van der Waals surface area contributed by atoms with Crippen LogP contribution >= 0.6 is 11.8 Å². The summed E-state index contributed by atoms with van der Waals surface area (Å²) in [5.41, 5.74) is 2.68. The van der Waals surface area contributed by atoms with Gasteiger partial charge in [-0.05, 0) is 41.6 Å². The molecule has 0 aliphatic carbocycles. The number of hydrogen-bond donors (Lipinski definition) is 1. The molecule has 0 saturated carbocycles. The molecule has 3 rings (SSSR count). The smallest absolute Gasteiger partial charge is 0.255 e. The van der Waals surface area contributed by atoms with Gasteiger partial charge in [-0.15, -0.1) is 11.8 Å². The molecule has 1 amide bonds. The van der Waals surface area contributed by atoms with Crippen molar-refractivity contribution in [2.24, 2.45) is 0 Å². The van der Waals surface area contributed by atoms with E-state index in [9.17, 15) is 4.79 Å². The third-order valence-corrected chi connectivity index (χ3v) is 4.72. The molecule has 0 unspecified atom stereocenters. The van der Waals surface area contributed by atoms with Gasteiger partial charge in [-0.3, -0.25) is 4.79 Å². The third kappa shape index (κ3) is 4.90. The Bertz CT molecular complexity index is 848. The van der Waals surface area contributed by atoms with Crippen molar-refractivity contribution in [2.45, 2.75) is 18.0 Å². The molecular formula is C22H21NO2S. The molecular weight excluding hydrogens is 342 g/mol. The van der Waals surface area contributed by atoms with Gasteiger partial charge in [-0.25, -0.2) is 0 Å². The van der Waals surface area contributed by atoms with Crippen molar-refractivity contribution < 1.29 is 9.53 Å². The van der Waals surface area contributed by atoms with Gasteiger partial charge >= 0.3 is 0 Å². The topological polar surface area (TPSA) is 38.3 Å². The summed E-state index contributed by atoms with van der Waals surface area (Å²) in [5, 5.41) is 2.97. The lowest BCUT2D eigenvalue weighted by Gasteiger charge is -2.12. The molecule has 3 nitrogen and oxygen atoms in total. The second-order valence-corrected chi connectivity index (χ2v) is 6.68. The van der Waals surface area contributed by atoms with Crippen molar-refractivity contribution in [3.63, 3.8) is 0 Å². The highest BCUT2D eigenvalue weighted by Crippen LogP contribution is 2.20. The standard InChI is InChI=1S/C22H21NO2S/c1-26-19-13-11-17(12-14-19)15-23-22(24)20-9-5-6-10-21(20)25-16-18-7-3-2-4-8-18/h2-14H,15-16H2,1H3,(H,23,24). The molecule has 0 aliphatic heterocycles. The van der Waals surface area contributed by atoms with Crippen LogP contribution in [0.2, 0.25) is 0 Å². The highest BCUT2D eigenvalue weighted by atomic mass is 32.2. The number of ether oxygens (including phenoxy) is 1. The van der Waals surface area contributed by atoms with E-state index in [0.29, 0.717) is 24.5 Å². The van der Waals surface area contributed by atoms with E-state index in [2.05, 4.69) is 17.4 Å². The van der Waals surface area contributed by atoms with Crippen LogP contribution in [-0.4, -0.2) is 12.2 Å². The molecule has 1 N–H and O–H groups in total. The van der Waals surface area contributed by atoms with Crippen LogP contribution in [0.3, 0.4) is 0 Å². The van der Waals surface area contributed by atoms with E-state index in [0.717, 1.165) is 11.1 Å². The first kappa shape index (κ1) is 18.1. The van der Waals surface area contributed by atoms with Gasteiger partial charge in [0.05, 0.1) is 5.56 Å². The van der Waals surface area contributed by atoms with Crippen LogP contribution < -0.4 is 10.1 Å². The maximum Gasteiger partial charge on any atom is 0.255 e. The van der Waals surface area contributed by atoms with Gasteiger partial charge in [0.25, 0.3) is 5.91 Å². The third-order valence-electron chi connectivity index (χ3n) is 3.98. The molecule has 132 valence electrons. The highest BCUT2D eigenvalue weighted by Gasteiger charge is 2.12. The van der Waals surface area contributed by atoms with Crippen molar-refractivity contribution in [1.29, 1.82) is 0 Å². The summed E-state index contributed by atoms with van der Waals surface area (Å²) in [7, 11) is 0. The van der Waals surface area contributed by atoms with Crippen LogP contribution in [0.5, 0.6) is 5.75 Å². The van der Waals surface area contributed by atoms with Gasteiger partial charge in [0, 0.05) is 11.4 Å². The number of amides is 1. The molecule has 26 heavy (non-hydrogen) atoms. The zero-order valence-electron chi connectivity index (χ0n) is 14.6. The quantitative estimate of drug-likeness (QED) is 0.606. The summed E-state index contributed by atoms with van der Waals surface area (Å²) in [6, 6.07) is 25.4. The average molecular weight is 363 g/mol. The van der Waals surface area contributed by atoms with Crippen LogP contribution in [0.25, 0.3) is 0 Å². The first-order chi connectivity index (χ1) is 12.8. The minimum Gasteiger partial charge on any atom is -0.488 e. The predicted molar refractivity (Wildman–Crippen MR) is 107 cm³/mol. The molecule has 3 aromatic rings. The van der Waals surface area contributed by atoms with Crippen LogP contribution in [0.4, 0.5) is 0 Å². The molecule has 0 aromatic heterocycles. The Morgan fingerprint density at radius 1 is 0.885 bits per heavy atom. The highest BCUT2D eigenvalue weighted by molar-refractivity contribution is 7.98. The maximum atomic E-state index is 12.6. The van der Waals surface area contributed by atoms with Gasteiger partial charge < -0.3 is 10.1 Å². The molecule has 0 radical (unpaired) electrons. The van der Waals surface area contributed by atoms with Crippen molar-refractivity contribution in [2.75, 3.05) is 6.26 Å². The minimum absolute atomic E-state index is 0.136. The summed E-state index contributed by atoms with van der Waals surface area (Å²) in [4.78, 5) is 13.8. The molecule has 0 fully saturated rings. The predicted octanol–water partition coefficient (Wildman–Crippen LogP) is 4.92. The normalized spacial score (nSPS) is 10.3. The van der Waals surface area contributed by atoms with E-state index in [1.165, 1.54) is 4.90 Å². The minimum atomic E-state index is -0.136. The van der Waals surface area contributed by atoms with E-state index in [1.807, 2.05) is 66.9 Å². The molecule has 3 aromatic carbocycles. The Morgan fingerprint density at radius 2 is 1.58 bits per heavy atom. The second kappa shape index (κ2) is 9.11. The summed E-state index contributed by atoms with van der Waals surface area (Å²) >= 11 is 1.70. The Balaban J connectivity index is 1.63. The SMILES string of the molecule is CSc1ccc(CNC(=O)c2ccccc2OCc2ccccc2)cc1. The Kier molecular flexibility index (Phi) is 6.34. The zero-order valence-corrected chi connectivity index (χ0v) is 15.5. The molecule has 0 heterocycles. The van der Waals surface area contributed by atoms with E-state index in [1.54, 1.807) is 17.8 Å². The van der Waals surface area contributed by atoms with Crippen LogP contribution in [0.15, 0.2) is 83.8 Å². The van der Waals surface area contributed by atoms with Crippen LogP contribution in [0.1, 0.15) is 21.5 Å². The number of carbonyl (C=O) groups is 1. The number of thioether (sulfide) groups is 1. The van der Waals surface area contributed by atoms with Gasteiger partial charge in [0.15, 0.2) is 0 Å². The van der Waals surface area contributed by atoms with Gasteiger partial charge in [0.2, 0.25) is 0 Å². The number of para-hydroxylation sites is 1. The number of benzene rings is 3. The summed E-state index contributed by atoms with van der Waals surface area (Å²) in [5.74, 6) is 0.453. The first-order valence-electron chi connectivity index (χ1n) is 8.43. The summed E-state index contributed by atoms with van der Waals surface area (Å²) in [6.07, 6.45) is 2.04. The lowest BCUT2D eigenvalue weighted by molar-refractivity contribution is 0.0946. The van der Waals surface area contributed by atoms with Crippen molar-refractivity contribution >= 4 is 17.7 Å². The van der Waals surface area contributed by atoms with Gasteiger partial charge in [-0.2, -0.15) is 0 Å². The maximum absolute atomic E-state index is 12.6. The molecule has 0 atom stereocenters. The summed E-state index contributed by atoms with van der Waals surface area (Å²) < 4.78 is 5.86. The van der Waals surface area contributed by atoms with E-state index < -0.39 is 0 Å². The molecule has 0 aliphatic rings. The number of hydrogen-bond acceptors (Lipinski definition) is 3. The monoisotopic (exact) mass is 363 g/mol. The number of rotatable bonds is 7. The van der Waals surface area contributed by atoms with Crippen molar-refractivity contribution in [1.82, 2.24) is 5.32 Å². The Hall–Kier alpha value is -2.72. The van der Waals surface area contributed by atoms with E-state index >= 15 is 0 Å². The van der Waals surface area contributed by atoms with Gasteiger partial charge in [-0.1, -0.05) is 54.6 Å². The van der Waals surface area contributed by atoms with Crippen molar-refractivity contribution in [3.05, 3.63) is 95.6 Å². The average Bonchev–Trinajstić information content (AvgIpc) is 2.72. The molecule has 0 saturated heterocycles. The van der Waals surface area contributed by atoms with Crippen LogP contribution in [0, 0.1) is 0 Å². The van der Waals surface area contributed by atoms with Crippen LogP contribution in [-0.2, 0) is 13.2 Å². The Morgan fingerprint density at radius 3 is 2.31 bits per heavy atom. The lowest BCUT2D eigenvalue weighted by atomic mass is 10.1. The largest absolute Gasteiger partial charge is 0.488 e. The lowest BCUT2D eigenvalue weighted by Crippen LogP contribution is -2.23. The first-order valence-corrected chi connectivity index (χ1v) is 9.65. The zero-order chi connectivity index (χ0) is 18.2. The second-order valence-electron chi connectivity index (χ2n) is 5.80. The fourth-order valence-corrected chi connectivity index (χ4v) is 2.94. The summed E-state index contributed by atoms with van der Waals surface area (Å²) in [6.45, 7) is 0.918. The van der Waals surface area contributed by atoms with E-state index in [-0.39, 0.29) is 5.91 Å². The molecule has 4 heteroatoms. The fraction of sp³-hybridized carbons (Fsp3) is 0.136. The number of carbonyl (C=O) groups excluding carboxylic acids is 1.